The van der Waals surface area contributed by atoms with Gasteiger partial charge in [0.25, 0.3) is 0 Å². The number of nitrogens with zero attached hydrogens (tertiary/aromatic N) is 2. The number of nitrogen functional groups attached to an aromatic ring is 1. The van der Waals surface area contributed by atoms with E-state index >= 15 is 0 Å². The van der Waals surface area contributed by atoms with Crippen molar-refractivity contribution < 1.29 is 9.47 Å². The van der Waals surface area contributed by atoms with E-state index in [4.69, 9.17) is 15.2 Å². The summed E-state index contributed by atoms with van der Waals surface area (Å²) in [7, 11) is 3.24. The second-order valence-electron chi connectivity index (χ2n) is 4.97. The van der Waals surface area contributed by atoms with Crippen LogP contribution in [0.25, 0.3) is 11.4 Å². The van der Waals surface area contributed by atoms with Gasteiger partial charge in [-0.05, 0) is 47.0 Å². The summed E-state index contributed by atoms with van der Waals surface area (Å²) in [5.74, 6) is 2.91. The maximum Gasteiger partial charge on any atom is 0.165 e. The molecule has 0 spiro atoms. The van der Waals surface area contributed by atoms with Crippen molar-refractivity contribution >= 4 is 21.7 Å². The van der Waals surface area contributed by atoms with Gasteiger partial charge < -0.3 is 15.2 Å². The van der Waals surface area contributed by atoms with Gasteiger partial charge in [-0.25, -0.2) is 9.97 Å². The Bertz CT molecular complexity index is 687. The third kappa shape index (κ3) is 2.68. The van der Waals surface area contributed by atoms with E-state index in [0.29, 0.717) is 23.3 Å². The molecule has 0 aliphatic heterocycles. The first kappa shape index (κ1) is 14.1. The summed E-state index contributed by atoms with van der Waals surface area (Å²) in [5, 5.41) is 0. The molecule has 5 nitrogen and oxygen atoms in total. The Balaban J connectivity index is 2.15. The average molecular weight is 350 g/mol. The van der Waals surface area contributed by atoms with Crippen molar-refractivity contribution in [1.29, 1.82) is 0 Å². The van der Waals surface area contributed by atoms with E-state index < -0.39 is 0 Å². The van der Waals surface area contributed by atoms with Crippen LogP contribution in [0.3, 0.4) is 0 Å². The second kappa shape index (κ2) is 5.52. The van der Waals surface area contributed by atoms with Crippen LogP contribution in [0.5, 0.6) is 11.5 Å². The van der Waals surface area contributed by atoms with Gasteiger partial charge in [0.15, 0.2) is 5.82 Å². The SMILES string of the molecule is COc1ccc(OC)c(-c2nc(N)c(Br)c(C3CC3)n2)c1. The number of hydrogen-bond acceptors (Lipinski definition) is 5. The molecule has 0 radical (unpaired) electrons. The molecule has 21 heavy (non-hydrogen) atoms. The first-order valence-corrected chi connectivity index (χ1v) is 7.48. The highest BCUT2D eigenvalue weighted by Crippen LogP contribution is 2.44. The number of nitrogens with two attached hydrogens (primary N) is 1. The molecule has 0 amide bonds. The Morgan fingerprint density at radius 1 is 1.19 bits per heavy atom. The van der Waals surface area contributed by atoms with E-state index in [-0.39, 0.29) is 0 Å². The Labute approximate surface area is 131 Å². The van der Waals surface area contributed by atoms with Crippen LogP contribution < -0.4 is 15.2 Å². The summed E-state index contributed by atoms with van der Waals surface area (Å²) in [6.45, 7) is 0. The maximum absolute atomic E-state index is 6.02. The van der Waals surface area contributed by atoms with Crippen molar-refractivity contribution in [3.8, 4) is 22.9 Å². The molecular weight excluding hydrogens is 334 g/mol. The number of aromatic nitrogens is 2. The van der Waals surface area contributed by atoms with Crippen LogP contribution in [0.2, 0.25) is 0 Å². The van der Waals surface area contributed by atoms with Crippen LogP contribution >= 0.6 is 15.9 Å². The molecule has 0 unspecified atom stereocenters. The number of rotatable bonds is 4. The van der Waals surface area contributed by atoms with Crippen molar-refractivity contribution in [2.24, 2.45) is 0 Å². The third-order valence-corrected chi connectivity index (χ3v) is 4.33. The Morgan fingerprint density at radius 3 is 2.57 bits per heavy atom. The van der Waals surface area contributed by atoms with Crippen LogP contribution in [0.15, 0.2) is 22.7 Å². The van der Waals surface area contributed by atoms with Crippen LogP contribution in [-0.2, 0) is 0 Å². The molecule has 0 saturated heterocycles. The smallest absolute Gasteiger partial charge is 0.165 e. The molecular formula is C15H16BrN3O2. The predicted octanol–water partition coefficient (Wildman–Crippen LogP) is 3.38. The molecule has 1 aromatic carbocycles. The largest absolute Gasteiger partial charge is 0.497 e. The van der Waals surface area contributed by atoms with Crippen molar-refractivity contribution in [2.75, 3.05) is 20.0 Å². The lowest BCUT2D eigenvalue weighted by Gasteiger charge is -2.12. The van der Waals surface area contributed by atoms with Crippen LogP contribution in [0.4, 0.5) is 5.82 Å². The number of ether oxygens (including phenoxy) is 2. The fourth-order valence-corrected chi connectivity index (χ4v) is 2.72. The van der Waals surface area contributed by atoms with Crippen LogP contribution in [0, 0.1) is 0 Å². The normalized spacial score (nSPS) is 14.0. The van der Waals surface area contributed by atoms with E-state index in [1.54, 1.807) is 14.2 Å². The second-order valence-corrected chi connectivity index (χ2v) is 5.77. The number of anilines is 1. The first-order chi connectivity index (χ1) is 10.1. The molecule has 0 bridgehead atoms. The minimum absolute atomic E-state index is 0.451. The molecule has 1 aliphatic carbocycles. The van der Waals surface area contributed by atoms with Crippen molar-refractivity contribution in [3.05, 3.63) is 28.4 Å². The van der Waals surface area contributed by atoms with Gasteiger partial charge in [0.2, 0.25) is 0 Å². The monoisotopic (exact) mass is 349 g/mol. The van der Waals surface area contributed by atoms with Gasteiger partial charge in [-0.15, -0.1) is 0 Å². The van der Waals surface area contributed by atoms with Gasteiger partial charge in [0, 0.05) is 5.92 Å². The molecule has 6 heteroatoms. The standard InChI is InChI=1S/C15H16BrN3O2/c1-20-9-5-6-11(21-2)10(7-9)15-18-13(8-3-4-8)12(16)14(17)19-15/h5-8H,3-4H2,1-2H3,(H2,17,18,19). The molecule has 1 heterocycles. The minimum Gasteiger partial charge on any atom is -0.497 e. The highest BCUT2D eigenvalue weighted by atomic mass is 79.9. The Kier molecular flexibility index (Phi) is 3.71. The highest BCUT2D eigenvalue weighted by molar-refractivity contribution is 9.10. The van der Waals surface area contributed by atoms with Gasteiger partial charge >= 0.3 is 0 Å². The lowest BCUT2D eigenvalue weighted by molar-refractivity contribution is 0.404. The summed E-state index contributed by atoms with van der Waals surface area (Å²) in [6.07, 6.45) is 2.29. The zero-order chi connectivity index (χ0) is 15.0. The summed E-state index contributed by atoms with van der Waals surface area (Å²) in [4.78, 5) is 9.06. The minimum atomic E-state index is 0.451. The van der Waals surface area contributed by atoms with Gasteiger partial charge in [0.1, 0.15) is 17.3 Å². The zero-order valence-electron chi connectivity index (χ0n) is 11.9. The molecule has 1 aromatic heterocycles. The summed E-state index contributed by atoms with van der Waals surface area (Å²) in [5.41, 5.74) is 7.77. The molecule has 2 aromatic rings. The molecule has 1 aliphatic rings. The number of methoxy groups -OCH3 is 2. The summed E-state index contributed by atoms with van der Waals surface area (Å²) in [6, 6.07) is 5.54. The average Bonchev–Trinajstić information content (AvgIpc) is 3.33. The molecule has 1 saturated carbocycles. The van der Waals surface area contributed by atoms with Crippen molar-refractivity contribution in [3.63, 3.8) is 0 Å². The number of halogens is 1. The maximum atomic E-state index is 6.02. The first-order valence-electron chi connectivity index (χ1n) is 6.69. The molecule has 3 rings (SSSR count). The van der Waals surface area contributed by atoms with E-state index in [2.05, 4.69) is 25.9 Å². The topological polar surface area (TPSA) is 70.3 Å². The zero-order valence-corrected chi connectivity index (χ0v) is 13.5. The van der Waals surface area contributed by atoms with Gasteiger partial charge in [-0.1, -0.05) is 0 Å². The van der Waals surface area contributed by atoms with E-state index in [9.17, 15) is 0 Å². The van der Waals surface area contributed by atoms with Crippen LogP contribution in [-0.4, -0.2) is 24.2 Å². The van der Waals surface area contributed by atoms with Gasteiger partial charge in [-0.3, -0.25) is 0 Å². The third-order valence-electron chi connectivity index (χ3n) is 3.51. The van der Waals surface area contributed by atoms with E-state index in [0.717, 1.165) is 34.3 Å². The quantitative estimate of drug-likeness (QED) is 0.915. The van der Waals surface area contributed by atoms with E-state index in [1.165, 1.54) is 0 Å². The highest BCUT2D eigenvalue weighted by Gasteiger charge is 2.29. The summed E-state index contributed by atoms with van der Waals surface area (Å²) >= 11 is 3.49. The van der Waals surface area contributed by atoms with Crippen LogP contribution in [0.1, 0.15) is 24.5 Å². The molecule has 1 fully saturated rings. The van der Waals surface area contributed by atoms with Crippen molar-refractivity contribution in [2.45, 2.75) is 18.8 Å². The fourth-order valence-electron chi connectivity index (χ4n) is 2.22. The van der Waals surface area contributed by atoms with Gasteiger partial charge in [-0.2, -0.15) is 0 Å². The molecule has 0 atom stereocenters. The predicted molar refractivity (Wildman–Crippen MR) is 84.7 cm³/mol. The number of benzene rings is 1. The van der Waals surface area contributed by atoms with E-state index in [1.807, 2.05) is 18.2 Å². The van der Waals surface area contributed by atoms with Gasteiger partial charge in [0.05, 0.1) is 29.9 Å². The lowest BCUT2D eigenvalue weighted by Crippen LogP contribution is -2.03. The summed E-state index contributed by atoms with van der Waals surface area (Å²) < 4.78 is 11.5. The van der Waals surface area contributed by atoms with Crippen molar-refractivity contribution in [1.82, 2.24) is 9.97 Å². The number of hydrogen-bond donors (Lipinski definition) is 1. The molecule has 2 N–H and O–H groups in total. The Hall–Kier alpha value is -1.82. The Morgan fingerprint density at radius 2 is 1.95 bits per heavy atom. The lowest BCUT2D eigenvalue weighted by atomic mass is 10.1. The molecule has 110 valence electrons. The fraction of sp³-hybridized carbons (Fsp3) is 0.333.